The maximum Gasteiger partial charge on any atom is 0.139 e. The Bertz CT molecular complexity index is 536. The maximum absolute atomic E-state index is 13.4. The van der Waals surface area contributed by atoms with Crippen molar-refractivity contribution in [2.75, 3.05) is 5.32 Å². The molecule has 0 aliphatic rings. The topological polar surface area (TPSA) is 25.2 Å². The van der Waals surface area contributed by atoms with Gasteiger partial charge < -0.3 is 9.73 Å². The minimum atomic E-state index is -0.269. The summed E-state index contributed by atoms with van der Waals surface area (Å²) in [6.07, 6.45) is 1.65. The fourth-order valence-corrected chi connectivity index (χ4v) is 2.06. The van der Waals surface area contributed by atoms with E-state index in [4.69, 9.17) is 4.42 Å². The molecule has 1 N–H and O–H groups in total. The van der Waals surface area contributed by atoms with Crippen molar-refractivity contribution in [1.29, 1.82) is 0 Å². The van der Waals surface area contributed by atoms with Crippen LogP contribution < -0.4 is 5.32 Å². The molecule has 4 heteroatoms. The van der Waals surface area contributed by atoms with E-state index in [0.717, 1.165) is 22.6 Å². The molecule has 2 aromatic rings. The molecule has 0 aliphatic heterocycles. The van der Waals surface area contributed by atoms with Crippen molar-refractivity contribution in [3.8, 4) is 0 Å². The summed E-state index contributed by atoms with van der Waals surface area (Å²) in [5.74, 6) is 0.599. The van der Waals surface area contributed by atoms with E-state index in [1.54, 1.807) is 12.3 Å². The second kappa shape index (κ2) is 4.92. The average molecular weight is 298 g/mol. The third kappa shape index (κ3) is 2.69. The highest BCUT2D eigenvalue weighted by Gasteiger charge is 2.06. The zero-order valence-electron chi connectivity index (χ0n) is 9.68. The first kappa shape index (κ1) is 12.2. The summed E-state index contributed by atoms with van der Waals surface area (Å²) in [7, 11) is 0. The summed E-state index contributed by atoms with van der Waals surface area (Å²) in [6.45, 7) is 4.47. The van der Waals surface area contributed by atoms with Gasteiger partial charge in [0.1, 0.15) is 11.6 Å². The lowest BCUT2D eigenvalue weighted by molar-refractivity contribution is 0.515. The Labute approximate surface area is 108 Å². The van der Waals surface area contributed by atoms with Gasteiger partial charge >= 0.3 is 0 Å². The lowest BCUT2D eigenvalue weighted by atomic mass is 10.2. The van der Waals surface area contributed by atoms with Gasteiger partial charge in [0.25, 0.3) is 0 Å². The van der Waals surface area contributed by atoms with Crippen molar-refractivity contribution < 1.29 is 8.81 Å². The lowest BCUT2D eigenvalue weighted by Crippen LogP contribution is -2.02. The zero-order chi connectivity index (χ0) is 12.4. The molecular weight excluding hydrogens is 285 g/mol. The molecule has 17 heavy (non-hydrogen) atoms. The van der Waals surface area contributed by atoms with E-state index in [2.05, 4.69) is 21.2 Å². The first-order valence-corrected chi connectivity index (χ1v) is 6.09. The number of halogens is 2. The summed E-state index contributed by atoms with van der Waals surface area (Å²) in [5.41, 5.74) is 2.86. The van der Waals surface area contributed by atoms with Gasteiger partial charge in [-0.3, -0.25) is 0 Å². The molecule has 1 aromatic heterocycles. The van der Waals surface area contributed by atoms with Crippen LogP contribution in [0.2, 0.25) is 0 Å². The summed E-state index contributed by atoms with van der Waals surface area (Å²) >= 11 is 3.16. The van der Waals surface area contributed by atoms with Crippen molar-refractivity contribution in [2.45, 2.75) is 20.4 Å². The second-order valence-electron chi connectivity index (χ2n) is 3.96. The molecule has 2 rings (SSSR count). The molecule has 1 heterocycles. The van der Waals surface area contributed by atoms with Gasteiger partial charge in [0.05, 0.1) is 17.3 Å². The SMILES string of the molecule is Cc1cc(Br)c(F)cc1NCc1occc1C. The molecule has 0 spiro atoms. The van der Waals surface area contributed by atoms with Gasteiger partial charge in [-0.25, -0.2) is 4.39 Å². The highest BCUT2D eigenvalue weighted by Crippen LogP contribution is 2.24. The van der Waals surface area contributed by atoms with Gasteiger partial charge in [0.15, 0.2) is 0 Å². The molecule has 0 atom stereocenters. The quantitative estimate of drug-likeness (QED) is 0.908. The predicted molar refractivity (Wildman–Crippen MR) is 69.6 cm³/mol. The van der Waals surface area contributed by atoms with E-state index in [0.29, 0.717) is 11.0 Å². The molecule has 0 saturated carbocycles. The number of hydrogen-bond acceptors (Lipinski definition) is 2. The first-order chi connectivity index (χ1) is 8.08. The first-order valence-electron chi connectivity index (χ1n) is 5.30. The van der Waals surface area contributed by atoms with E-state index >= 15 is 0 Å². The fraction of sp³-hybridized carbons (Fsp3) is 0.231. The summed E-state index contributed by atoms with van der Waals surface area (Å²) in [5, 5.41) is 3.17. The van der Waals surface area contributed by atoms with E-state index in [9.17, 15) is 4.39 Å². The number of nitrogens with one attached hydrogen (secondary N) is 1. The van der Waals surface area contributed by atoms with Crippen LogP contribution in [0, 0.1) is 19.7 Å². The van der Waals surface area contributed by atoms with E-state index in [1.165, 1.54) is 6.07 Å². The summed E-state index contributed by atoms with van der Waals surface area (Å²) < 4.78 is 19.2. The normalized spacial score (nSPS) is 10.6. The Morgan fingerprint density at radius 1 is 1.29 bits per heavy atom. The van der Waals surface area contributed by atoms with Gasteiger partial charge in [-0.15, -0.1) is 0 Å². The van der Waals surface area contributed by atoms with Crippen molar-refractivity contribution in [3.05, 3.63) is 51.6 Å². The number of benzene rings is 1. The van der Waals surface area contributed by atoms with Gasteiger partial charge in [0, 0.05) is 5.69 Å². The van der Waals surface area contributed by atoms with E-state index in [-0.39, 0.29) is 5.82 Å². The second-order valence-corrected chi connectivity index (χ2v) is 4.82. The van der Waals surface area contributed by atoms with Crippen LogP contribution in [-0.4, -0.2) is 0 Å². The average Bonchev–Trinajstić information content (AvgIpc) is 2.68. The van der Waals surface area contributed by atoms with Crippen LogP contribution in [0.4, 0.5) is 10.1 Å². The minimum Gasteiger partial charge on any atom is -0.467 e. The Hall–Kier alpha value is -1.29. The largest absolute Gasteiger partial charge is 0.467 e. The van der Waals surface area contributed by atoms with Gasteiger partial charge in [0.2, 0.25) is 0 Å². The van der Waals surface area contributed by atoms with E-state index in [1.807, 2.05) is 19.9 Å². The Balaban J connectivity index is 2.14. The van der Waals surface area contributed by atoms with Crippen LogP contribution in [0.3, 0.4) is 0 Å². The molecule has 2 nitrogen and oxygen atoms in total. The van der Waals surface area contributed by atoms with Crippen LogP contribution in [0.5, 0.6) is 0 Å². The molecule has 0 fully saturated rings. The maximum atomic E-state index is 13.4. The van der Waals surface area contributed by atoms with Gasteiger partial charge in [-0.1, -0.05) is 0 Å². The van der Waals surface area contributed by atoms with Crippen molar-refractivity contribution in [3.63, 3.8) is 0 Å². The minimum absolute atomic E-state index is 0.269. The van der Waals surface area contributed by atoms with Crippen LogP contribution in [0.25, 0.3) is 0 Å². The molecule has 0 bridgehead atoms. The molecule has 0 radical (unpaired) electrons. The van der Waals surface area contributed by atoms with Crippen LogP contribution in [0.15, 0.2) is 33.4 Å². The number of anilines is 1. The van der Waals surface area contributed by atoms with Crippen molar-refractivity contribution in [1.82, 2.24) is 0 Å². The van der Waals surface area contributed by atoms with Crippen LogP contribution >= 0.6 is 15.9 Å². The Morgan fingerprint density at radius 2 is 2.06 bits per heavy atom. The predicted octanol–water partition coefficient (Wildman–Crippen LogP) is 4.41. The van der Waals surface area contributed by atoms with Gasteiger partial charge in [-0.2, -0.15) is 0 Å². The van der Waals surface area contributed by atoms with Crippen molar-refractivity contribution in [2.24, 2.45) is 0 Å². The lowest BCUT2D eigenvalue weighted by Gasteiger charge is -2.09. The standard InChI is InChI=1S/C13H13BrFNO/c1-8-3-4-17-13(8)7-16-12-6-11(15)10(14)5-9(12)2/h3-6,16H,7H2,1-2H3. The number of hydrogen-bond donors (Lipinski definition) is 1. The van der Waals surface area contributed by atoms with Gasteiger partial charge in [-0.05, 0) is 59.1 Å². The molecule has 0 aliphatic carbocycles. The third-order valence-corrected chi connectivity index (χ3v) is 3.28. The van der Waals surface area contributed by atoms with Crippen molar-refractivity contribution >= 4 is 21.6 Å². The molecule has 0 unspecified atom stereocenters. The molecule has 90 valence electrons. The molecular formula is C13H13BrFNO. The monoisotopic (exact) mass is 297 g/mol. The summed E-state index contributed by atoms with van der Waals surface area (Å²) in [4.78, 5) is 0. The smallest absolute Gasteiger partial charge is 0.139 e. The number of furan rings is 1. The number of rotatable bonds is 3. The fourth-order valence-electron chi connectivity index (χ4n) is 1.60. The number of aryl methyl sites for hydroxylation is 2. The van der Waals surface area contributed by atoms with E-state index < -0.39 is 0 Å². The highest BCUT2D eigenvalue weighted by atomic mass is 79.9. The van der Waals surface area contributed by atoms with Crippen LogP contribution in [-0.2, 0) is 6.54 Å². The van der Waals surface area contributed by atoms with Crippen LogP contribution in [0.1, 0.15) is 16.9 Å². The Kier molecular flexibility index (Phi) is 3.52. The Morgan fingerprint density at radius 3 is 2.71 bits per heavy atom. The third-order valence-electron chi connectivity index (χ3n) is 2.67. The molecule has 1 aromatic carbocycles. The molecule has 0 saturated heterocycles. The molecule has 0 amide bonds. The highest BCUT2D eigenvalue weighted by molar-refractivity contribution is 9.10. The zero-order valence-corrected chi connectivity index (χ0v) is 11.3. The summed E-state index contributed by atoms with van der Waals surface area (Å²) in [6, 6.07) is 5.15.